The molecule has 0 spiro atoms. The maximum absolute atomic E-state index is 13.4. The molecule has 0 N–H and O–H groups in total. The summed E-state index contributed by atoms with van der Waals surface area (Å²) in [5.41, 5.74) is 6.34. The second-order valence-electron chi connectivity index (χ2n) is 12.9. The molecule has 0 unspecified atom stereocenters. The van der Waals surface area contributed by atoms with Gasteiger partial charge >= 0.3 is 0 Å². The van der Waals surface area contributed by atoms with Gasteiger partial charge in [-0.05, 0) is 68.5 Å². The number of sulfone groups is 1. The number of rotatable bonds is 0. The highest BCUT2D eigenvalue weighted by molar-refractivity contribution is 7.93. The van der Waals surface area contributed by atoms with Crippen LogP contribution in [0.25, 0.3) is 27.5 Å². The summed E-state index contributed by atoms with van der Waals surface area (Å²) >= 11 is 0. The Kier molecular flexibility index (Phi) is 4.38. The van der Waals surface area contributed by atoms with Gasteiger partial charge in [0.15, 0.2) is 9.84 Å². The highest BCUT2D eigenvalue weighted by Crippen LogP contribution is 2.53. The summed E-state index contributed by atoms with van der Waals surface area (Å²) in [7, 11) is -3.41. The summed E-state index contributed by atoms with van der Waals surface area (Å²) in [4.78, 5) is 9.86. The monoisotopic (exact) mass is 477 g/mol. The summed E-state index contributed by atoms with van der Waals surface area (Å²) < 4.78 is 27.2. The van der Waals surface area contributed by atoms with E-state index < -0.39 is 19.3 Å². The van der Waals surface area contributed by atoms with Crippen LogP contribution in [0.15, 0.2) is 30.5 Å². The van der Waals surface area contributed by atoms with Crippen molar-refractivity contribution in [3.05, 3.63) is 53.0 Å². The van der Waals surface area contributed by atoms with Crippen LogP contribution in [0.4, 0.5) is 0 Å². The predicted octanol–water partition coefficient (Wildman–Crippen LogP) is 6.53. The number of hydrogen-bond acceptors (Lipinski definition) is 4. The zero-order valence-corrected chi connectivity index (χ0v) is 22.8. The summed E-state index contributed by atoms with van der Waals surface area (Å²) in [6.07, 6.45) is 1.94. The van der Waals surface area contributed by atoms with Crippen molar-refractivity contribution in [2.45, 2.75) is 89.6 Å². The van der Waals surface area contributed by atoms with Gasteiger partial charge in [0, 0.05) is 33.8 Å². The first kappa shape index (κ1) is 23.3. The Hall–Kier alpha value is -2.47. The fourth-order valence-corrected chi connectivity index (χ4v) is 7.62. The van der Waals surface area contributed by atoms with Gasteiger partial charge < -0.3 is 0 Å². The second-order valence-corrected chi connectivity index (χ2v) is 15.9. The van der Waals surface area contributed by atoms with E-state index in [-0.39, 0.29) is 10.8 Å². The van der Waals surface area contributed by atoms with Crippen molar-refractivity contribution in [3.8, 4) is 0 Å². The molecule has 34 heavy (non-hydrogen) atoms. The second kappa shape index (κ2) is 6.39. The molecule has 0 amide bonds. The van der Waals surface area contributed by atoms with E-state index in [1.807, 2.05) is 40.0 Å². The Bertz CT molecular complexity index is 1630. The molecule has 5 rings (SSSR count). The fourth-order valence-electron chi connectivity index (χ4n) is 5.42. The molecule has 180 valence electrons. The molecule has 0 aliphatic carbocycles. The van der Waals surface area contributed by atoms with E-state index >= 15 is 0 Å². The van der Waals surface area contributed by atoms with E-state index in [4.69, 9.17) is 9.97 Å². The average molecular weight is 478 g/mol. The molecule has 1 aromatic carbocycles. The van der Waals surface area contributed by atoms with Gasteiger partial charge in [-0.15, -0.1) is 0 Å². The summed E-state index contributed by atoms with van der Waals surface area (Å²) in [6.45, 7) is 20.4. The number of fused-ring (bicyclic) bond motifs is 6. The van der Waals surface area contributed by atoms with Crippen LogP contribution in [0.3, 0.4) is 0 Å². The highest BCUT2D eigenvalue weighted by Gasteiger charge is 2.56. The Balaban J connectivity index is 1.96. The van der Waals surface area contributed by atoms with Gasteiger partial charge in [0.25, 0.3) is 0 Å². The minimum absolute atomic E-state index is 0.0498. The lowest BCUT2D eigenvalue weighted by atomic mass is 9.88. The molecule has 1 aliphatic heterocycles. The van der Waals surface area contributed by atoms with Crippen LogP contribution in [0.2, 0.25) is 0 Å². The zero-order chi connectivity index (χ0) is 25.2. The van der Waals surface area contributed by atoms with Crippen molar-refractivity contribution in [2.24, 2.45) is 0 Å². The molecule has 5 nitrogen and oxygen atoms in total. The van der Waals surface area contributed by atoms with Crippen LogP contribution in [0.5, 0.6) is 0 Å². The smallest absolute Gasteiger partial charge is 0.168 e. The first-order chi connectivity index (χ1) is 15.4. The summed E-state index contributed by atoms with van der Waals surface area (Å²) in [5.74, 6) is 0. The number of nitrogens with zero attached hydrogens (tertiary/aromatic N) is 3. The fraction of sp³-hybridized carbons (Fsp3) is 0.500. The zero-order valence-electron chi connectivity index (χ0n) is 22.0. The molecule has 4 heterocycles. The van der Waals surface area contributed by atoms with E-state index in [2.05, 4.69) is 64.1 Å². The Morgan fingerprint density at radius 2 is 1.41 bits per heavy atom. The van der Waals surface area contributed by atoms with E-state index in [0.29, 0.717) is 0 Å². The molecular formula is C28H35N3O2S. The SMILES string of the molecule is CC(C)(C)c1cc2cc(C(C)(C)C)n3c4cc5c(cc4nc3c2cn1)C(C)(C)S(=O)(=O)C5(C)C. The van der Waals surface area contributed by atoms with Crippen molar-refractivity contribution in [3.63, 3.8) is 0 Å². The molecule has 1 aliphatic rings. The maximum atomic E-state index is 13.4. The van der Waals surface area contributed by atoms with Crippen LogP contribution in [0.1, 0.15) is 91.8 Å². The van der Waals surface area contributed by atoms with Crippen LogP contribution in [-0.4, -0.2) is 22.8 Å². The molecule has 3 aromatic heterocycles. The van der Waals surface area contributed by atoms with Crippen LogP contribution < -0.4 is 0 Å². The van der Waals surface area contributed by atoms with Crippen LogP contribution in [-0.2, 0) is 30.2 Å². The number of benzene rings is 1. The lowest BCUT2D eigenvalue weighted by molar-refractivity contribution is 0.536. The number of pyridine rings is 2. The topological polar surface area (TPSA) is 64.3 Å². The van der Waals surface area contributed by atoms with Crippen molar-refractivity contribution in [2.75, 3.05) is 0 Å². The third kappa shape index (κ3) is 2.81. The molecule has 4 aromatic rings. The molecule has 0 atom stereocenters. The lowest BCUT2D eigenvalue weighted by Crippen LogP contribution is -2.33. The predicted molar refractivity (Wildman–Crippen MR) is 140 cm³/mol. The van der Waals surface area contributed by atoms with Crippen molar-refractivity contribution in [1.82, 2.24) is 14.4 Å². The molecule has 0 bridgehead atoms. The third-order valence-corrected chi connectivity index (χ3v) is 10.8. The largest absolute Gasteiger partial charge is 0.295 e. The first-order valence-corrected chi connectivity index (χ1v) is 13.4. The van der Waals surface area contributed by atoms with E-state index in [0.717, 1.165) is 50.0 Å². The standard InChI is InChI=1S/C28H35N3O2S/c1-25(2,3)22-11-16-12-23(26(4,5)6)31-21-14-19-18(27(7,8)34(32,33)28(19,9)10)13-20(21)30-24(31)17(16)15-29-22/h11-15H,1-10H3. The Morgan fingerprint density at radius 3 is 1.97 bits per heavy atom. The quantitative estimate of drug-likeness (QED) is 0.289. The van der Waals surface area contributed by atoms with Crippen LogP contribution >= 0.6 is 0 Å². The minimum Gasteiger partial charge on any atom is -0.295 e. The normalized spacial score (nSPS) is 19.2. The van der Waals surface area contributed by atoms with Crippen molar-refractivity contribution < 1.29 is 8.42 Å². The lowest BCUT2D eigenvalue weighted by Gasteiger charge is -2.24. The molecule has 0 fully saturated rings. The van der Waals surface area contributed by atoms with Gasteiger partial charge in [0.05, 0.1) is 20.5 Å². The number of aromatic nitrogens is 3. The van der Waals surface area contributed by atoms with Crippen LogP contribution in [0, 0.1) is 0 Å². The number of hydrogen-bond donors (Lipinski definition) is 0. The Morgan fingerprint density at radius 1 is 0.824 bits per heavy atom. The molecular weight excluding hydrogens is 442 g/mol. The van der Waals surface area contributed by atoms with Crippen molar-refractivity contribution in [1.29, 1.82) is 0 Å². The highest BCUT2D eigenvalue weighted by atomic mass is 32.2. The molecule has 0 radical (unpaired) electrons. The Labute approximate surface area is 202 Å². The van der Waals surface area contributed by atoms with Crippen molar-refractivity contribution >= 4 is 37.3 Å². The van der Waals surface area contributed by atoms with Gasteiger partial charge in [-0.25, -0.2) is 13.4 Å². The average Bonchev–Trinajstić information content (AvgIpc) is 3.12. The van der Waals surface area contributed by atoms with E-state index in [1.54, 1.807) is 0 Å². The first-order valence-electron chi connectivity index (χ1n) is 11.9. The molecule has 0 saturated carbocycles. The maximum Gasteiger partial charge on any atom is 0.168 e. The van der Waals surface area contributed by atoms with E-state index in [9.17, 15) is 8.42 Å². The summed E-state index contributed by atoms with van der Waals surface area (Å²) in [5, 5.41) is 2.13. The third-order valence-electron chi connectivity index (χ3n) is 7.68. The van der Waals surface area contributed by atoms with Gasteiger partial charge in [0.1, 0.15) is 5.65 Å². The molecule has 6 heteroatoms. The van der Waals surface area contributed by atoms with E-state index in [1.165, 1.54) is 0 Å². The minimum atomic E-state index is -3.41. The van der Waals surface area contributed by atoms with Gasteiger partial charge in [-0.1, -0.05) is 41.5 Å². The summed E-state index contributed by atoms with van der Waals surface area (Å²) in [6, 6.07) is 8.50. The van der Waals surface area contributed by atoms with Gasteiger partial charge in [-0.2, -0.15) is 0 Å². The molecule has 0 saturated heterocycles. The van der Waals surface area contributed by atoms with Gasteiger partial charge in [0.2, 0.25) is 0 Å². The van der Waals surface area contributed by atoms with Gasteiger partial charge in [-0.3, -0.25) is 9.38 Å². The number of imidazole rings is 1.